The predicted octanol–water partition coefficient (Wildman–Crippen LogP) is 6.43. The average molecular weight is 846 g/mol. The summed E-state index contributed by atoms with van der Waals surface area (Å²) in [5.41, 5.74) is 4.87. The van der Waals surface area contributed by atoms with Crippen molar-refractivity contribution in [2.45, 2.75) is 64.1 Å². The summed E-state index contributed by atoms with van der Waals surface area (Å²) in [7, 11) is 0.0551. The number of aryl methyl sites for hydroxylation is 2. The van der Waals surface area contributed by atoms with Gasteiger partial charge in [-0.05, 0) is 97.7 Å². The van der Waals surface area contributed by atoms with Crippen molar-refractivity contribution in [3.63, 3.8) is 0 Å². The number of halogens is 1. The number of morpholine rings is 1. The van der Waals surface area contributed by atoms with Gasteiger partial charge in [-0.1, -0.05) is 36.7 Å². The summed E-state index contributed by atoms with van der Waals surface area (Å²) in [4.78, 5) is 39.2. The van der Waals surface area contributed by atoms with Gasteiger partial charge in [-0.25, -0.2) is 9.20 Å². The minimum atomic E-state index is -3.47. The van der Waals surface area contributed by atoms with Crippen molar-refractivity contribution < 1.29 is 28.0 Å². The van der Waals surface area contributed by atoms with Crippen LogP contribution in [-0.2, 0) is 39.2 Å². The molecule has 2 amide bonds. The van der Waals surface area contributed by atoms with Gasteiger partial charge in [0.25, 0.3) is 11.8 Å². The predicted molar refractivity (Wildman–Crippen MR) is 232 cm³/mol. The number of nitrogens with zero attached hydrogens (tertiary/aromatic N) is 7. The highest BCUT2D eigenvalue weighted by Crippen LogP contribution is 2.42. The molecule has 1 aliphatic carbocycles. The third kappa shape index (κ3) is 9.62. The van der Waals surface area contributed by atoms with Crippen LogP contribution in [0.3, 0.4) is 0 Å². The van der Waals surface area contributed by atoms with E-state index in [1.165, 1.54) is 11.1 Å². The van der Waals surface area contributed by atoms with Crippen LogP contribution in [0, 0.1) is 17.8 Å². The number of rotatable bonds is 4. The average Bonchev–Trinajstić information content (AvgIpc) is 3.60. The molecule has 5 aliphatic rings. The molecule has 2 saturated heterocycles. The quantitative estimate of drug-likeness (QED) is 0.165. The third-order valence-electron chi connectivity index (χ3n) is 12.5. The number of allylic oxidation sites excluding steroid dienone is 1. The van der Waals surface area contributed by atoms with E-state index in [4.69, 9.17) is 25.8 Å². The number of hydrogen-bond donors (Lipinski definition) is 0. The fourth-order valence-electron chi connectivity index (χ4n) is 9.21. The molecule has 2 aromatic carbocycles. The van der Waals surface area contributed by atoms with Gasteiger partial charge in [-0.15, -0.1) is 0 Å². The topological polar surface area (TPSA) is 131 Å². The van der Waals surface area contributed by atoms with Crippen molar-refractivity contribution in [1.29, 1.82) is 0 Å². The van der Waals surface area contributed by atoms with Gasteiger partial charge in [0.05, 0.1) is 47.4 Å². The summed E-state index contributed by atoms with van der Waals surface area (Å²) >= 11 is 6.51. The zero-order valence-electron chi connectivity index (χ0n) is 34.3. The first kappa shape index (κ1) is 41.6. The molecule has 8 rings (SSSR count). The molecule has 2 bridgehead atoms. The van der Waals surface area contributed by atoms with Crippen LogP contribution in [0.25, 0.3) is 0 Å². The van der Waals surface area contributed by atoms with E-state index in [1.54, 1.807) is 31.1 Å². The number of aromatic nitrogens is 2. The van der Waals surface area contributed by atoms with Crippen LogP contribution in [0.1, 0.15) is 70.9 Å². The highest BCUT2D eigenvalue weighted by molar-refractivity contribution is 8.06. The normalized spacial score (nSPS) is 28.9. The van der Waals surface area contributed by atoms with Crippen molar-refractivity contribution in [2.75, 3.05) is 75.2 Å². The number of hydrogen-bond acceptors (Lipinski definition) is 10. The Balaban J connectivity index is 1.15. The Kier molecular flexibility index (Phi) is 12.9. The van der Waals surface area contributed by atoms with Gasteiger partial charge in [-0.2, -0.15) is 9.46 Å². The Morgan fingerprint density at radius 2 is 1.93 bits per heavy atom. The number of anilines is 2. The lowest BCUT2D eigenvalue weighted by atomic mass is 9.70. The Bertz CT molecular complexity index is 2220. The van der Waals surface area contributed by atoms with E-state index in [0.717, 1.165) is 69.6 Å². The van der Waals surface area contributed by atoms with Crippen LogP contribution in [-0.4, -0.2) is 114 Å². The van der Waals surface area contributed by atoms with Gasteiger partial charge in [-0.3, -0.25) is 19.2 Å². The fraction of sp³-hybridized carbons (Fsp3) is 0.545. The van der Waals surface area contributed by atoms with Crippen molar-refractivity contribution in [2.24, 2.45) is 34.2 Å². The molecule has 59 heavy (non-hydrogen) atoms. The molecule has 13 nitrogen and oxygen atoms in total. The van der Waals surface area contributed by atoms with Crippen molar-refractivity contribution in [3.8, 4) is 5.75 Å². The first-order valence-corrected chi connectivity index (χ1v) is 23.1. The second-order valence-electron chi connectivity index (χ2n) is 16.8. The summed E-state index contributed by atoms with van der Waals surface area (Å²) in [5.74, 6) is 0.545. The van der Waals surface area contributed by atoms with E-state index >= 15 is 0 Å². The van der Waals surface area contributed by atoms with Gasteiger partial charge in [0, 0.05) is 76.0 Å². The molecule has 1 saturated carbocycles. The minimum Gasteiger partial charge on any atom is -0.491 e. The summed E-state index contributed by atoms with van der Waals surface area (Å²) in [6, 6.07) is 11.7. The molecule has 1 aromatic heterocycles. The van der Waals surface area contributed by atoms with E-state index in [9.17, 15) is 13.8 Å². The van der Waals surface area contributed by atoms with Crippen LogP contribution in [0.2, 0.25) is 5.02 Å². The molecule has 0 radical (unpaired) electrons. The van der Waals surface area contributed by atoms with Crippen LogP contribution in [0.15, 0.2) is 64.1 Å². The van der Waals surface area contributed by atoms with Crippen molar-refractivity contribution in [3.05, 3.63) is 82.0 Å². The number of carbonyl (C=O) groups excluding carboxylic acids is 2. The molecule has 1 unspecified atom stereocenters. The smallest absolute Gasteiger partial charge is 0.285 e. The molecule has 3 aromatic rings. The molecule has 15 heteroatoms. The molecule has 5 heterocycles. The molecule has 316 valence electrons. The van der Waals surface area contributed by atoms with Crippen molar-refractivity contribution >= 4 is 50.2 Å². The molecule has 6 atom stereocenters. The Morgan fingerprint density at radius 1 is 1.05 bits per heavy atom. The van der Waals surface area contributed by atoms with Crippen LogP contribution >= 0.6 is 11.6 Å². The summed E-state index contributed by atoms with van der Waals surface area (Å²) in [6.45, 7) is 8.27. The number of piperazine rings is 1. The van der Waals surface area contributed by atoms with Crippen LogP contribution in [0.5, 0.6) is 5.75 Å². The molecule has 3 fully saturated rings. The molecular weight excluding hydrogens is 790 g/mol. The lowest BCUT2D eigenvalue weighted by molar-refractivity contribution is -0.0118. The number of aliphatic imine (C=N–C) groups is 1. The van der Waals surface area contributed by atoms with Gasteiger partial charge in [0.1, 0.15) is 16.9 Å². The molecule has 4 aliphatic heterocycles. The maximum atomic E-state index is 14.9. The monoisotopic (exact) mass is 845 g/mol. The highest BCUT2D eigenvalue weighted by atomic mass is 35.5. The van der Waals surface area contributed by atoms with Crippen LogP contribution < -0.4 is 14.5 Å². The number of carbonyl (C=O) groups is 2. The van der Waals surface area contributed by atoms with Crippen LogP contribution in [0.4, 0.5) is 11.5 Å². The maximum absolute atomic E-state index is 14.9. The third-order valence-corrected chi connectivity index (χ3v) is 14.7. The largest absolute Gasteiger partial charge is 0.491 e. The zero-order valence-corrected chi connectivity index (χ0v) is 35.9. The highest BCUT2D eigenvalue weighted by Gasteiger charge is 2.38. The van der Waals surface area contributed by atoms with Gasteiger partial charge in [0.2, 0.25) is 0 Å². The molecule has 0 N–H and O–H groups in total. The lowest BCUT2D eigenvalue weighted by Gasteiger charge is -2.43. The van der Waals surface area contributed by atoms with E-state index in [0.29, 0.717) is 73.3 Å². The maximum Gasteiger partial charge on any atom is 0.285 e. The summed E-state index contributed by atoms with van der Waals surface area (Å²) in [6.07, 6.45) is 11.2. The Labute approximate surface area is 352 Å². The Morgan fingerprint density at radius 3 is 2.76 bits per heavy atom. The fourth-order valence-corrected chi connectivity index (χ4v) is 11.2. The van der Waals surface area contributed by atoms with E-state index in [2.05, 4.69) is 53.4 Å². The number of amides is 2. The molecule has 0 spiro atoms. The SMILES string of the molecule is CO[C@H]1/C=C/C[C@H](C)CS(=O)(/C=N/C(=O)c2cn(C)nc2N2CCN3CCOC[C@@H]3C2)=NC(=O)c2ccc3c(c2)N(Cc2ccc(Cl)cc2CCCCO3)C[C@@H]2CC[C@H]21. The summed E-state index contributed by atoms with van der Waals surface area (Å²) in [5, 5.41) is 5.35. The minimum absolute atomic E-state index is 0.0343. The number of methoxy groups -OCH3 is 1. The second kappa shape index (κ2) is 18.3. The van der Waals surface area contributed by atoms with E-state index < -0.39 is 21.5 Å². The van der Waals surface area contributed by atoms with Gasteiger partial charge in [0.15, 0.2) is 5.82 Å². The first-order valence-electron chi connectivity index (χ1n) is 21.0. The number of fused-ring (bicyclic) bond motifs is 4. The standard InChI is InChI=1S/C44H56ClN7O6S/c1-30-7-6-9-40(56-3)37-14-11-34(37)24-52-23-33-10-13-35(45)21-31(33)8-4-5-19-58-41-15-12-32(22-39(41)52)43(53)48-59(55,28-30)29-46-44(54)38-26-49(2)47-42(38)51-17-16-50-18-20-57-27-36(50)25-51/h6,9-10,12-13,15,21-22,26,29-30,34,36-37,40H,4-5,7-8,11,14,16-20,23-25,27-28H2,1-3H3/b9-6+,46-29+/t30-,34-,36-,37+,40-,59?/m0/s1. The number of benzene rings is 2. The zero-order chi connectivity index (χ0) is 41.1. The summed E-state index contributed by atoms with van der Waals surface area (Å²) < 4.78 is 39.1. The molecular formula is C44H56ClN7O6S. The first-order chi connectivity index (χ1) is 28.6. The van der Waals surface area contributed by atoms with Crippen molar-refractivity contribution in [1.82, 2.24) is 14.7 Å². The lowest BCUT2D eigenvalue weighted by Crippen LogP contribution is -2.58. The van der Waals surface area contributed by atoms with E-state index in [-0.39, 0.29) is 29.4 Å². The number of ether oxygens (including phenoxy) is 3. The Hall–Kier alpha value is -4.08. The second-order valence-corrected chi connectivity index (χ2v) is 19.3. The van der Waals surface area contributed by atoms with Gasteiger partial charge >= 0.3 is 0 Å². The van der Waals surface area contributed by atoms with E-state index in [1.807, 2.05) is 25.1 Å². The van der Waals surface area contributed by atoms with Gasteiger partial charge < -0.3 is 24.0 Å².